The van der Waals surface area contributed by atoms with Crippen LogP contribution in [0.3, 0.4) is 0 Å². The second-order valence-corrected chi connectivity index (χ2v) is 10.9. The van der Waals surface area contributed by atoms with Crippen molar-refractivity contribution >= 4 is 40.3 Å². The number of hydrogen-bond acceptors (Lipinski definition) is 8. The molecule has 0 unspecified atom stereocenters. The van der Waals surface area contributed by atoms with Crippen molar-refractivity contribution in [3.05, 3.63) is 84.6 Å². The summed E-state index contributed by atoms with van der Waals surface area (Å²) >= 11 is 0. The maximum atomic E-state index is 11.5. The molecule has 1 aliphatic heterocycles. The van der Waals surface area contributed by atoms with Crippen molar-refractivity contribution in [2.45, 2.75) is 24.8 Å². The number of anilines is 4. The fourth-order valence-electron chi connectivity index (χ4n) is 5.93. The van der Waals surface area contributed by atoms with Crippen molar-refractivity contribution in [1.29, 1.82) is 0 Å². The van der Waals surface area contributed by atoms with Crippen molar-refractivity contribution in [2.24, 2.45) is 0 Å². The quantitative estimate of drug-likeness (QED) is 0.203. The molecule has 0 spiro atoms. The molecule has 0 atom stereocenters. The average Bonchev–Trinajstić information content (AvgIpc) is 3.38. The van der Waals surface area contributed by atoms with E-state index < -0.39 is 11.6 Å². The number of benzene rings is 2. The third kappa shape index (κ3) is 5.08. The summed E-state index contributed by atoms with van der Waals surface area (Å²) in [6, 6.07) is 23.8. The maximum absolute atomic E-state index is 11.5. The number of rotatable bonds is 7. The Hall–Kier alpha value is -5.16. The highest BCUT2D eigenvalue weighted by Crippen LogP contribution is 2.42. The number of imidazole rings is 1. The predicted molar refractivity (Wildman–Crippen MR) is 166 cm³/mol. The van der Waals surface area contributed by atoms with Gasteiger partial charge in [0.2, 0.25) is 0 Å². The first-order valence-corrected chi connectivity index (χ1v) is 14.4. The molecule has 1 aliphatic carbocycles. The largest absolute Gasteiger partial charge is 0.465 e. The highest BCUT2D eigenvalue weighted by Gasteiger charge is 2.40. The van der Waals surface area contributed by atoms with E-state index in [1.54, 1.807) is 6.20 Å². The summed E-state index contributed by atoms with van der Waals surface area (Å²) in [7, 11) is 0. The molecule has 2 fully saturated rings. The van der Waals surface area contributed by atoms with Gasteiger partial charge in [-0.25, -0.2) is 19.7 Å². The number of ether oxygens (including phenoxy) is 1. The number of pyridine rings is 2. The van der Waals surface area contributed by atoms with E-state index in [1.807, 2.05) is 53.1 Å². The third-order valence-corrected chi connectivity index (χ3v) is 8.33. The lowest BCUT2D eigenvalue weighted by molar-refractivity contribution is 0.122. The van der Waals surface area contributed by atoms with E-state index in [2.05, 4.69) is 44.8 Å². The minimum atomic E-state index is -1.02. The first-order valence-electron chi connectivity index (χ1n) is 14.4. The molecule has 4 heterocycles. The van der Waals surface area contributed by atoms with E-state index in [-0.39, 0.29) is 0 Å². The molecule has 0 radical (unpaired) electrons. The zero-order valence-corrected chi connectivity index (χ0v) is 23.5. The van der Waals surface area contributed by atoms with Crippen LogP contribution < -0.4 is 21.3 Å². The van der Waals surface area contributed by atoms with Gasteiger partial charge in [0.25, 0.3) is 0 Å². The summed E-state index contributed by atoms with van der Waals surface area (Å²) in [6.07, 6.45) is 3.16. The number of aromatic nitrogens is 4. The summed E-state index contributed by atoms with van der Waals surface area (Å²) in [4.78, 5) is 28.0. The monoisotopic (exact) mass is 576 g/mol. The summed E-state index contributed by atoms with van der Waals surface area (Å²) < 4.78 is 7.44. The van der Waals surface area contributed by atoms with Crippen molar-refractivity contribution in [2.75, 3.05) is 42.3 Å². The van der Waals surface area contributed by atoms with Gasteiger partial charge in [0.1, 0.15) is 17.2 Å². The fraction of sp³-hybridized carbons (Fsp3) is 0.250. The normalized spacial score (nSPS) is 16.0. The number of nitrogens with two attached hydrogens (primary N) is 1. The van der Waals surface area contributed by atoms with Gasteiger partial charge in [-0.15, -0.1) is 0 Å². The second-order valence-electron chi connectivity index (χ2n) is 10.9. The number of amides is 1. The fourth-order valence-corrected chi connectivity index (χ4v) is 5.93. The number of hydrogen-bond donors (Lipinski definition) is 4. The molecule has 0 bridgehead atoms. The number of fused-ring (bicyclic) bond motifs is 1. The zero-order chi connectivity index (χ0) is 29.4. The Morgan fingerprint density at radius 3 is 2.35 bits per heavy atom. The van der Waals surface area contributed by atoms with Gasteiger partial charge in [-0.2, -0.15) is 0 Å². The summed E-state index contributed by atoms with van der Waals surface area (Å²) in [5, 5.41) is 15.6. The lowest BCUT2D eigenvalue weighted by Gasteiger charge is -2.42. The number of morpholine rings is 1. The molecule has 5 N–H and O–H groups in total. The number of carboxylic acid groups (broad SMARTS) is 1. The standard InChI is InChI=1S/C32H32N8O3/c33-28-25(3-1-16-34-28)29-36-26-12-13-27(35-22-6-10-23(11-7-22)39-17-19-43-20-18-39)37-30(26)40(29)24-8-4-21(5-9-24)32(14-2-15-32)38-31(41)42/h1,3-13,16,38H,2,14-15,17-20H2,(H2,33,34)(H,35,37)(H,41,42). The molecule has 1 amide bonds. The second kappa shape index (κ2) is 10.9. The van der Waals surface area contributed by atoms with E-state index >= 15 is 0 Å². The number of nitrogens with zero attached hydrogens (tertiary/aromatic N) is 5. The van der Waals surface area contributed by atoms with Gasteiger partial charge in [-0.05, 0) is 85.5 Å². The molecule has 5 aromatic rings. The van der Waals surface area contributed by atoms with Gasteiger partial charge in [0.15, 0.2) is 11.5 Å². The van der Waals surface area contributed by atoms with Crippen molar-refractivity contribution in [3.63, 3.8) is 0 Å². The Kier molecular flexibility index (Phi) is 6.78. The van der Waals surface area contributed by atoms with E-state index in [0.717, 1.165) is 62.5 Å². The average molecular weight is 577 g/mol. The van der Waals surface area contributed by atoms with E-state index in [9.17, 15) is 9.90 Å². The highest BCUT2D eigenvalue weighted by molar-refractivity contribution is 5.84. The van der Waals surface area contributed by atoms with Gasteiger partial charge in [-0.1, -0.05) is 12.1 Å². The lowest BCUT2D eigenvalue weighted by atomic mass is 9.72. The number of nitrogen functional groups attached to an aromatic ring is 1. The SMILES string of the molecule is Nc1ncccc1-c1nc2ccc(Nc3ccc(N4CCOCC4)cc3)nc2n1-c1ccc(C2(NC(=O)O)CCC2)cc1. The van der Waals surface area contributed by atoms with Crippen LogP contribution in [0.1, 0.15) is 24.8 Å². The van der Waals surface area contributed by atoms with Crippen LogP contribution in [-0.2, 0) is 10.3 Å². The topological polar surface area (TPSA) is 143 Å². The van der Waals surface area contributed by atoms with Gasteiger partial charge < -0.3 is 31.1 Å². The molecule has 7 rings (SSSR count). The number of nitrogens with one attached hydrogen (secondary N) is 2. The van der Waals surface area contributed by atoms with Gasteiger partial charge in [-0.3, -0.25) is 4.57 Å². The zero-order valence-electron chi connectivity index (χ0n) is 23.5. The Balaban J connectivity index is 1.26. The van der Waals surface area contributed by atoms with Crippen molar-refractivity contribution in [3.8, 4) is 17.1 Å². The smallest absolute Gasteiger partial charge is 0.405 e. The van der Waals surface area contributed by atoms with E-state index in [0.29, 0.717) is 34.2 Å². The van der Waals surface area contributed by atoms with Crippen LogP contribution in [-0.4, -0.2) is 57.0 Å². The van der Waals surface area contributed by atoms with Crippen LogP contribution in [0.2, 0.25) is 0 Å². The maximum Gasteiger partial charge on any atom is 0.405 e. The van der Waals surface area contributed by atoms with Crippen molar-refractivity contribution < 1.29 is 14.6 Å². The van der Waals surface area contributed by atoms with Gasteiger partial charge >= 0.3 is 6.09 Å². The molecule has 11 heteroatoms. The Labute approximate surface area is 248 Å². The van der Waals surface area contributed by atoms with Crippen LogP contribution in [0.15, 0.2) is 79.0 Å². The lowest BCUT2D eigenvalue weighted by Crippen LogP contribution is -2.50. The molecule has 1 saturated carbocycles. The molecule has 3 aromatic heterocycles. The van der Waals surface area contributed by atoms with Crippen LogP contribution in [0.25, 0.3) is 28.2 Å². The first kappa shape index (κ1) is 26.7. The molecular formula is C32H32N8O3. The predicted octanol–water partition coefficient (Wildman–Crippen LogP) is 5.29. The first-order chi connectivity index (χ1) is 21.0. The Bertz CT molecular complexity index is 1780. The molecular weight excluding hydrogens is 544 g/mol. The van der Waals surface area contributed by atoms with Crippen molar-refractivity contribution in [1.82, 2.24) is 24.8 Å². The third-order valence-electron chi connectivity index (χ3n) is 8.33. The van der Waals surface area contributed by atoms with Crippen LogP contribution >= 0.6 is 0 Å². The molecule has 218 valence electrons. The van der Waals surface area contributed by atoms with Gasteiger partial charge in [0, 0.05) is 36.3 Å². The Morgan fingerprint density at radius 1 is 0.930 bits per heavy atom. The Morgan fingerprint density at radius 2 is 1.67 bits per heavy atom. The van der Waals surface area contributed by atoms with Crippen LogP contribution in [0, 0.1) is 0 Å². The summed E-state index contributed by atoms with van der Waals surface area (Å²) in [5.74, 6) is 1.66. The minimum Gasteiger partial charge on any atom is -0.465 e. The molecule has 11 nitrogen and oxygen atoms in total. The van der Waals surface area contributed by atoms with Crippen LogP contribution in [0.5, 0.6) is 0 Å². The van der Waals surface area contributed by atoms with Gasteiger partial charge in [0.05, 0.1) is 24.3 Å². The van der Waals surface area contributed by atoms with Crippen LogP contribution in [0.4, 0.5) is 27.8 Å². The van der Waals surface area contributed by atoms with E-state index in [1.165, 1.54) is 5.69 Å². The highest BCUT2D eigenvalue weighted by atomic mass is 16.5. The minimum absolute atomic E-state index is 0.369. The summed E-state index contributed by atoms with van der Waals surface area (Å²) in [6.45, 7) is 3.26. The summed E-state index contributed by atoms with van der Waals surface area (Å²) in [5.41, 5.74) is 11.7. The molecule has 43 heavy (non-hydrogen) atoms. The molecule has 2 aliphatic rings. The molecule has 1 saturated heterocycles. The molecule has 2 aromatic carbocycles. The van der Waals surface area contributed by atoms with E-state index in [4.69, 9.17) is 20.4 Å². The number of carbonyl (C=O) groups is 1.